The summed E-state index contributed by atoms with van der Waals surface area (Å²) < 4.78 is 13.7. The molecule has 0 bridgehead atoms. The molecular formula is C15H11FN2O3. The summed E-state index contributed by atoms with van der Waals surface area (Å²) >= 11 is 0. The summed E-state index contributed by atoms with van der Waals surface area (Å²) in [4.78, 5) is 22.9. The second kappa shape index (κ2) is 6.04. The standard InChI is InChI=1S/C15H11FN2O3/c1-9-5-7-10(8-6-9)17-18-14(19)13-11(15(20)21)3-2-4-12(13)16/h2-8H,1H3,(H,20,21). The topological polar surface area (TPSA) is 79.1 Å². The van der Waals surface area contributed by atoms with E-state index < -0.39 is 28.8 Å². The number of aryl methyl sites for hydroxylation is 1. The molecule has 0 saturated heterocycles. The van der Waals surface area contributed by atoms with E-state index in [1.54, 1.807) is 24.3 Å². The highest BCUT2D eigenvalue weighted by Gasteiger charge is 2.20. The first-order chi connectivity index (χ1) is 9.99. The zero-order valence-corrected chi connectivity index (χ0v) is 11.1. The Labute approximate surface area is 119 Å². The molecule has 0 saturated carbocycles. The van der Waals surface area contributed by atoms with Crippen LogP contribution in [0.25, 0.3) is 0 Å². The molecule has 0 aromatic heterocycles. The van der Waals surface area contributed by atoms with Crippen LogP contribution in [0.4, 0.5) is 10.1 Å². The molecular weight excluding hydrogens is 275 g/mol. The van der Waals surface area contributed by atoms with Gasteiger partial charge in [0.2, 0.25) is 0 Å². The van der Waals surface area contributed by atoms with E-state index >= 15 is 0 Å². The van der Waals surface area contributed by atoms with E-state index in [1.807, 2.05) is 6.92 Å². The summed E-state index contributed by atoms with van der Waals surface area (Å²) in [7, 11) is 0. The highest BCUT2D eigenvalue weighted by molar-refractivity contribution is 6.05. The molecule has 0 unspecified atom stereocenters. The number of nitrogens with zero attached hydrogens (tertiary/aromatic N) is 2. The minimum Gasteiger partial charge on any atom is -0.478 e. The van der Waals surface area contributed by atoms with Gasteiger partial charge in [-0.25, -0.2) is 9.18 Å². The number of carboxylic acid groups (broad SMARTS) is 1. The van der Waals surface area contributed by atoms with Gasteiger partial charge in [-0.3, -0.25) is 4.79 Å². The normalized spacial score (nSPS) is 10.8. The van der Waals surface area contributed by atoms with Crippen molar-refractivity contribution in [2.75, 3.05) is 0 Å². The highest BCUT2D eigenvalue weighted by Crippen LogP contribution is 2.18. The minimum atomic E-state index is -1.40. The van der Waals surface area contributed by atoms with Crippen LogP contribution in [-0.2, 0) is 0 Å². The number of benzene rings is 2. The fourth-order valence-corrected chi connectivity index (χ4v) is 1.68. The van der Waals surface area contributed by atoms with Gasteiger partial charge in [0.1, 0.15) is 5.82 Å². The molecule has 6 heteroatoms. The largest absolute Gasteiger partial charge is 0.478 e. The van der Waals surface area contributed by atoms with E-state index in [-0.39, 0.29) is 0 Å². The van der Waals surface area contributed by atoms with Gasteiger partial charge in [-0.05, 0) is 31.2 Å². The molecule has 0 heterocycles. The highest BCUT2D eigenvalue weighted by atomic mass is 19.1. The molecule has 106 valence electrons. The monoisotopic (exact) mass is 286 g/mol. The molecule has 1 amide bonds. The van der Waals surface area contributed by atoms with Gasteiger partial charge in [-0.2, -0.15) is 0 Å². The Morgan fingerprint density at radius 2 is 1.76 bits per heavy atom. The maximum absolute atomic E-state index is 13.7. The lowest BCUT2D eigenvalue weighted by Gasteiger charge is -2.02. The fourth-order valence-electron chi connectivity index (χ4n) is 1.68. The third kappa shape index (κ3) is 3.36. The molecule has 0 aliphatic heterocycles. The maximum atomic E-state index is 13.7. The van der Waals surface area contributed by atoms with Crippen LogP contribution in [0.3, 0.4) is 0 Å². The number of halogens is 1. The van der Waals surface area contributed by atoms with Gasteiger partial charge in [-0.1, -0.05) is 23.8 Å². The Bertz CT molecular complexity index is 724. The number of azo groups is 1. The van der Waals surface area contributed by atoms with Crippen LogP contribution in [0.1, 0.15) is 26.3 Å². The summed E-state index contributed by atoms with van der Waals surface area (Å²) in [5.74, 6) is -3.38. The molecule has 2 rings (SSSR count). The predicted molar refractivity (Wildman–Crippen MR) is 73.4 cm³/mol. The van der Waals surface area contributed by atoms with Crippen LogP contribution in [0.5, 0.6) is 0 Å². The molecule has 21 heavy (non-hydrogen) atoms. The number of aromatic carboxylic acids is 1. The van der Waals surface area contributed by atoms with Crippen molar-refractivity contribution in [1.29, 1.82) is 0 Å². The van der Waals surface area contributed by atoms with E-state index in [0.717, 1.165) is 17.7 Å². The number of amides is 1. The number of carbonyl (C=O) groups is 2. The number of carboxylic acids is 1. The Morgan fingerprint density at radius 1 is 1.10 bits per heavy atom. The van der Waals surface area contributed by atoms with E-state index in [2.05, 4.69) is 10.2 Å². The van der Waals surface area contributed by atoms with Crippen LogP contribution in [0.15, 0.2) is 52.7 Å². The van der Waals surface area contributed by atoms with Crippen molar-refractivity contribution in [3.63, 3.8) is 0 Å². The lowest BCUT2D eigenvalue weighted by molar-refractivity contribution is 0.0691. The van der Waals surface area contributed by atoms with Crippen molar-refractivity contribution in [2.24, 2.45) is 10.2 Å². The van der Waals surface area contributed by atoms with Crippen LogP contribution in [0.2, 0.25) is 0 Å². The quantitative estimate of drug-likeness (QED) is 0.872. The molecule has 5 nitrogen and oxygen atoms in total. The molecule has 0 aliphatic carbocycles. The zero-order valence-electron chi connectivity index (χ0n) is 11.1. The zero-order chi connectivity index (χ0) is 15.4. The lowest BCUT2D eigenvalue weighted by Crippen LogP contribution is -2.09. The SMILES string of the molecule is Cc1ccc(N=NC(=O)c2c(F)cccc2C(=O)O)cc1. The fraction of sp³-hybridized carbons (Fsp3) is 0.0667. The van der Waals surface area contributed by atoms with E-state index in [0.29, 0.717) is 5.69 Å². The van der Waals surface area contributed by atoms with Crippen LogP contribution < -0.4 is 0 Å². The van der Waals surface area contributed by atoms with E-state index in [4.69, 9.17) is 5.11 Å². The summed E-state index contributed by atoms with van der Waals surface area (Å²) in [6, 6.07) is 10.2. The van der Waals surface area contributed by atoms with Crippen LogP contribution in [0, 0.1) is 12.7 Å². The maximum Gasteiger partial charge on any atom is 0.336 e. The summed E-state index contributed by atoms with van der Waals surface area (Å²) in [5.41, 5.74) is 0.397. The Kier molecular flexibility index (Phi) is 4.18. The Morgan fingerprint density at radius 3 is 2.38 bits per heavy atom. The average molecular weight is 286 g/mol. The van der Waals surface area contributed by atoms with Gasteiger partial charge in [0.15, 0.2) is 0 Å². The molecule has 0 radical (unpaired) electrons. The molecule has 2 aromatic rings. The van der Waals surface area contributed by atoms with Crippen LogP contribution in [-0.4, -0.2) is 17.0 Å². The van der Waals surface area contributed by atoms with E-state index in [9.17, 15) is 14.0 Å². The summed E-state index contributed by atoms with van der Waals surface area (Å²) in [5, 5.41) is 16.0. The van der Waals surface area contributed by atoms with Crippen molar-refractivity contribution < 1.29 is 19.1 Å². The number of hydrogen-bond acceptors (Lipinski definition) is 3. The van der Waals surface area contributed by atoms with Crippen molar-refractivity contribution in [1.82, 2.24) is 0 Å². The predicted octanol–water partition coefficient (Wildman–Crippen LogP) is 3.76. The number of hydrogen-bond donors (Lipinski definition) is 1. The van der Waals surface area contributed by atoms with Gasteiger partial charge in [-0.15, -0.1) is 10.2 Å². The van der Waals surface area contributed by atoms with E-state index in [1.165, 1.54) is 6.07 Å². The molecule has 0 spiro atoms. The first kappa shape index (κ1) is 14.5. The third-order valence-electron chi connectivity index (χ3n) is 2.75. The van der Waals surface area contributed by atoms with Crippen molar-refractivity contribution in [3.05, 3.63) is 65.0 Å². The van der Waals surface area contributed by atoms with Crippen molar-refractivity contribution in [3.8, 4) is 0 Å². The Balaban J connectivity index is 2.33. The average Bonchev–Trinajstić information content (AvgIpc) is 2.46. The first-order valence-corrected chi connectivity index (χ1v) is 6.03. The molecule has 2 aromatic carbocycles. The summed E-state index contributed by atoms with van der Waals surface area (Å²) in [6.45, 7) is 1.89. The first-order valence-electron chi connectivity index (χ1n) is 6.03. The lowest BCUT2D eigenvalue weighted by atomic mass is 10.1. The van der Waals surface area contributed by atoms with Gasteiger partial charge in [0.05, 0.1) is 16.8 Å². The molecule has 0 atom stereocenters. The van der Waals surface area contributed by atoms with Gasteiger partial charge in [0, 0.05) is 0 Å². The number of rotatable bonds is 3. The molecule has 0 fully saturated rings. The molecule has 1 N–H and O–H groups in total. The van der Waals surface area contributed by atoms with Crippen LogP contribution >= 0.6 is 0 Å². The summed E-state index contributed by atoms with van der Waals surface area (Å²) in [6.07, 6.45) is 0. The number of carbonyl (C=O) groups excluding carboxylic acids is 1. The van der Waals surface area contributed by atoms with Crippen molar-refractivity contribution in [2.45, 2.75) is 6.92 Å². The van der Waals surface area contributed by atoms with Crippen molar-refractivity contribution >= 4 is 17.6 Å². The van der Waals surface area contributed by atoms with Gasteiger partial charge < -0.3 is 5.11 Å². The third-order valence-corrected chi connectivity index (χ3v) is 2.75. The second-order valence-corrected chi connectivity index (χ2v) is 4.31. The molecule has 0 aliphatic rings. The van der Waals surface area contributed by atoms with Gasteiger partial charge >= 0.3 is 5.97 Å². The van der Waals surface area contributed by atoms with Gasteiger partial charge in [0.25, 0.3) is 5.91 Å². The Hall–Kier alpha value is -2.89. The smallest absolute Gasteiger partial charge is 0.336 e. The second-order valence-electron chi connectivity index (χ2n) is 4.31. The minimum absolute atomic E-state index is 0.419.